The van der Waals surface area contributed by atoms with E-state index in [1.165, 1.54) is 18.3 Å². The van der Waals surface area contributed by atoms with Gasteiger partial charge in [0.15, 0.2) is 16.6 Å². The van der Waals surface area contributed by atoms with Gasteiger partial charge < -0.3 is 23.1 Å². The Labute approximate surface area is 331 Å². The lowest BCUT2D eigenvalue weighted by atomic mass is 9.96. The van der Waals surface area contributed by atoms with Crippen molar-refractivity contribution in [3.05, 3.63) is 59.3 Å². The lowest BCUT2D eigenvalue weighted by molar-refractivity contribution is -0.136. The first-order valence-electron chi connectivity index (χ1n) is 20.6. The summed E-state index contributed by atoms with van der Waals surface area (Å²) in [5.74, 6) is -0.537. The van der Waals surface area contributed by atoms with Crippen LogP contribution < -0.4 is 0 Å². The number of hydrogen-bond acceptors (Lipinski definition) is 6. The van der Waals surface area contributed by atoms with Crippen molar-refractivity contribution in [1.29, 1.82) is 0 Å². The molecule has 0 aromatic rings. The molecule has 0 aliphatic carbocycles. The standard InChI is InChI=1S/C44H84O6Si3/c1-19-52(20-2,21-3)49-41(29-23-28-40(33-45)43(46)47-16)39(12)42(50-53(34(4)5,35(6)7)36(8)9)31-30-38(11)26-22-25-37(10)27-24-32-48-51(17,18)44(13,14)15/h23,25-26,28-31,34-36,39,41-42,45H,19-22,24,27,32-33H2,1-18H3/b29-23+,31-30+,37-25+,38-26+,40-28+/t39-,41-,42-/m1/s1. The molecule has 0 aliphatic rings. The van der Waals surface area contributed by atoms with Crippen molar-refractivity contribution >= 4 is 30.9 Å². The van der Waals surface area contributed by atoms with Crippen molar-refractivity contribution in [2.24, 2.45) is 5.92 Å². The van der Waals surface area contributed by atoms with Crippen molar-refractivity contribution in [1.82, 2.24) is 0 Å². The second-order valence-corrected chi connectivity index (χ2v) is 32.6. The maximum Gasteiger partial charge on any atom is 0.336 e. The molecule has 0 aliphatic heterocycles. The minimum absolute atomic E-state index is 0.00488. The zero-order valence-electron chi connectivity index (χ0n) is 37.7. The summed E-state index contributed by atoms with van der Waals surface area (Å²) in [7, 11) is -4.68. The third kappa shape index (κ3) is 16.3. The molecule has 53 heavy (non-hydrogen) atoms. The van der Waals surface area contributed by atoms with Crippen LogP contribution in [0.1, 0.15) is 123 Å². The summed E-state index contributed by atoms with van der Waals surface area (Å²) in [6, 6.07) is 3.08. The van der Waals surface area contributed by atoms with Gasteiger partial charge in [0.25, 0.3) is 0 Å². The van der Waals surface area contributed by atoms with Crippen LogP contribution >= 0.6 is 0 Å². The lowest BCUT2D eigenvalue weighted by Crippen LogP contribution is -2.52. The predicted octanol–water partition coefficient (Wildman–Crippen LogP) is 12.9. The van der Waals surface area contributed by atoms with Gasteiger partial charge in [-0.25, -0.2) is 4.79 Å². The molecule has 0 saturated heterocycles. The number of allylic oxidation sites excluding steroid dienone is 7. The highest BCUT2D eigenvalue weighted by atomic mass is 28.4. The summed E-state index contributed by atoms with van der Waals surface area (Å²) in [5, 5.41) is 10.1. The van der Waals surface area contributed by atoms with Crippen molar-refractivity contribution in [3.8, 4) is 0 Å². The Morgan fingerprint density at radius 3 is 1.79 bits per heavy atom. The summed E-state index contributed by atoms with van der Waals surface area (Å²) in [5.41, 5.74) is 4.13. The lowest BCUT2D eigenvalue weighted by Gasteiger charge is -2.46. The first-order valence-corrected chi connectivity index (χ1v) is 28.2. The van der Waals surface area contributed by atoms with E-state index < -0.39 is 30.9 Å². The Hall–Kier alpha value is -1.34. The summed E-state index contributed by atoms with van der Waals surface area (Å²) < 4.78 is 26.0. The number of esters is 1. The van der Waals surface area contributed by atoms with Crippen LogP contribution in [0.3, 0.4) is 0 Å². The highest BCUT2D eigenvalue weighted by Gasteiger charge is 2.48. The third-order valence-corrected chi connectivity index (χ3v) is 27.3. The van der Waals surface area contributed by atoms with E-state index in [1.807, 2.05) is 6.08 Å². The molecule has 0 fully saturated rings. The van der Waals surface area contributed by atoms with Crippen molar-refractivity contribution in [2.45, 2.75) is 188 Å². The molecule has 0 radical (unpaired) electrons. The molecule has 9 heteroatoms. The van der Waals surface area contributed by atoms with Crippen LogP contribution in [0.4, 0.5) is 0 Å². The average Bonchev–Trinajstić information content (AvgIpc) is 3.08. The Morgan fingerprint density at radius 1 is 0.811 bits per heavy atom. The van der Waals surface area contributed by atoms with Gasteiger partial charge in [-0.1, -0.05) is 138 Å². The van der Waals surface area contributed by atoms with Crippen molar-refractivity contribution < 1.29 is 27.9 Å². The Kier molecular flexibility index (Phi) is 23.7. The summed E-state index contributed by atoms with van der Waals surface area (Å²) in [4.78, 5) is 12.2. The van der Waals surface area contributed by atoms with Crippen LogP contribution in [0, 0.1) is 5.92 Å². The quantitative estimate of drug-likeness (QED) is 0.0248. The van der Waals surface area contributed by atoms with E-state index >= 15 is 0 Å². The second kappa shape index (κ2) is 24.3. The highest BCUT2D eigenvalue weighted by molar-refractivity contribution is 6.77. The van der Waals surface area contributed by atoms with E-state index in [9.17, 15) is 9.90 Å². The van der Waals surface area contributed by atoms with Crippen LogP contribution in [0.15, 0.2) is 59.3 Å². The predicted molar refractivity (Wildman–Crippen MR) is 237 cm³/mol. The molecule has 0 unspecified atom stereocenters. The molecule has 0 spiro atoms. The number of aliphatic hydroxyl groups excluding tert-OH is 1. The second-order valence-electron chi connectivity index (χ2n) is 17.6. The zero-order valence-corrected chi connectivity index (χ0v) is 40.7. The zero-order chi connectivity index (χ0) is 41.2. The van der Waals surface area contributed by atoms with Gasteiger partial charge in [-0.15, -0.1) is 0 Å². The molecule has 1 N–H and O–H groups in total. The molecule has 0 amide bonds. The normalized spacial score (nSPS) is 16.5. The Morgan fingerprint density at radius 2 is 1.34 bits per heavy atom. The topological polar surface area (TPSA) is 74.2 Å². The third-order valence-electron chi connectivity index (χ3n) is 12.1. The van der Waals surface area contributed by atoms with Crippen molar-refractivity contribution in [3.63, 3.8) is 0 Å². The molecule has 0 aromatic carbocycles. The van der Waals surface area contributed by atoms with Crippen LogP contribution in [0.5, 0.6) is 0 Å². The Bertz CT molecular complexity index is 1190. The Balaban J connectivity index is 6.69. The average molecular weight is 793 g/mol. The molecule has 3 atom stereocenters. The first-order chi connectivity index (χ1) is 24.5. The van der Waals surface area contributed by atoms with E-state index in [0.717, 1.165) is 44.0 Å². The monoisotopic (exact) mass is 793 g/mol. The highest BCUT2D eigenvalue weighted by Crippen LogP contribution is 2.44. The number of hydrogen-bond donors (Lipinski definition) is 1. The fourth-order valence-corrected chi connectivity index (χ4v) is 16.7. The van der Waals surface area contributed by atoms with Crippen LogP contribution in [-0.4, -0.2) is 68.6 Å². The molecule has 0 rings (SSSR count). The van der Waals surface area contributed by atoms with E-state index in [-0.39, 0.29) is 35.3 Å². The maximum absolute atomic E-state index is 12.2. The fraction of sp³-hybridized carbons (Fsp3) is 0.750. The van der Waals surface area contributed by atoms with Crippen LogP contribution in [0.25, 0.3) is 0 Å². The molecule has 0 saturated carbocycles. The van der Waals surface area contributed by atoms with E-state index in [2.05, 4.69) is 147 Å². The summed E-state index contributed by atoms with van der Waals surface area (Å²) in [6.07, 6.45) is 17.3. The molecular formula is C44H84O6Si3. The van der Waals surface area contributed by atoms with Crippen LogP contribution in [-0.2, 0) is 22.8 Å². The van der Waals surface area contributed by atoms with E-state index in [0.29, 0.717) is 16.6 Å². The van der Waals surface area contributed by atoms with Crippen LogP contribution in [0.2, 0.25) is 52.9 Å². The minimum atomic E-state index is -2.27. The summed E-state index contributed by atoms with van der Waals surface area (Å²) in [6.45, 7) is 39.4. The maximum atomic E-state index is 12.2. The number of aliphatic hydroxyl groups is 1. The molecule has 0 aromatic heterocycles. The van der Waals surface area contributed by atoms with Gasteiger partial charge in [-0.2, -0.15) is 0 Å². The molecule has 6 nitrogen and oxygen atoms in total. The van der Waals surface area contributed by atoms with Gasteiger partial charge in [0.1, 0.15) is 0 Å². The van der Waals surface area contributed by atoms with Gasteiger partial charge in [0.2, 0.25) is 8.32 Å². The first kappa shape index (κ1) is 51.7. The van der Waals surface area contributed by atoms with Crippen molar-refractivity contribution in [2.75, 3.05) is 20.3 Å². The number of ether oxygens (including phenoxy) is 1. The number of rotatable bonds is 25. The van der Waals surface area contributed by atoms with Gasteiger partial charge in [0.05, 0.1) is 31.5 Å². The smallest absolute Gasteiger partial charge is 0.336 e. The fourth-order valence-electron chi connectivity index (χ4n) is 7.12. The largest absolute Gasteiger partial charge is 0.466 e. The van der Waals surface area contributed by atoms with E-state index in [1.54, 1.807) is 6.08 Å². The van der Waals surface area contributed by atoms with Gasteiger partial charge in [-0.05, 0) is 92.1 Å². The molecule has 0 heterocycles. The van der Waals surface area contributed by atoms with E-state index in [4.69, 9.17) is 18.0 Å². The molecule has 308 valence electrons. The van der Waals surface area contributed by atoms with Gasteiger partial charge >= 0.3 is 5.97 Å². The molecule has 0 bridgehead atoms. The SMILES string of the molecule is CC[Si](CC)(CC)O[C@H](/C=C/C=C(\CO)C(=O)OC)[C@@H](C)[C@@H](/C=C/C(C)=C/C/C=C(\C)CCCO[Si](C)(C)C(C)(C)C)O[Si](C(C)C)(C(C)C)C(C)C. The number of methoxy groups -OCH3 is 1. The summed E-state index contributed by atoms with van der Waals surface area (Å²) >= 11 is 0. The number of carbonyl (C=O) groups is 1. The van der Waals surface area contributed by atoms with Gasteiger partial charge in [0, 0.05) is 12.5 Å². The number of carbonyl (C=O) groups excluding carboxylic acids is 1. The van der Waals surface area contributed by atoms with Gasteiger partial charge in [-0.3, -0.25) is 0 Å². The molecular weight excluding hydrogens is 709 g/mol. The minimum Gasteiger partial charge on any atom is -0.466 e.